The van der Waals surface area contributed by atoms with Crippen LogP contribution in [0.1, 0.15) is 45.2 Å². The molecule has 1 aromatic heterocycles. The lowest BCUT2D eigenvalue weighted by Crippen LogP contribution is -2.33. The molecule has 2 amide bonds. The number of hydrogen-bond acceptors (Lipinski definition) is 6. The lowest BCUT2D eigenvalue weighted by Gasteiger charge is -2.32. The molecule has 1 saturated heterocycles. The summed E-state index contributed by atoms with van der Waals surface area (Å²) < 4.78 is 11.4. The molecular formula is C21H23N3O4. The maximum absolute atomic E-state index is 12.4. The molecule has 0 atom stereocenters. The van der Waals surface area contributed by atoms with E-state index in [1.54, 1.807) is 13.8 Å². The van der Waals surface area contributed by atoms with Gasteiger partial charge in [0.2, 0.25) is 11.8 Å². The molecular weight excluding hydrogens is 358 g/mol. The Morgan fingerprint density at radius 2 is 1.79 bits per heavy atom. The van der Waals surface area contributed by atoms with Crippen molar-refractivity contribution >= 4 is 17.5 Å². The van der Waals surface area contributed by atoms with Crippen molar-refractivity contribution in [2.45, 2.75) is 46.1 Å². The summed E-state index contributed by atoms with van der Waals surface area (Å²) in [6.45, 7) is 9.03. The predicted octanol–water partition coefficient (Wildman–Crippen LogP) is 3.37. The minimum Gasteiger partial charge on any atom is -0.424 e. The number of rotatable bonds is 3. The first-order valence-corrected chi connectivity index (χ1v) is 9.26. The van der Waals surface area contributed by atoms with Crippen molar-refractivity contribution in [3.8, 4) is 11.8 Å². The molecule has 3 heterocycles. The molecule has 0 bridgehead atoms. The third-order valence-electron chi connectivity index (χ3n) is 5.24. The Labute approximate surface area is 163 Å². The van der Waals surface area contributed by atoms with Crippen LogP contribution in [0.25, 0.3) is 0 Å². The monoisotopic (exact) mass is 381 g/mol. The zero-order valence-corrected chi connectivity index (χ0v) is 16.5. The van der Waals surface area contributed by atoms with E-state index in [4.69, 9.17) is 9.47 Å². The molecule has 0 radical (unpaired) electrons. The van der Waals surface area contributed by atoms with Crippen LogP contribution in [0, 0.1) is 5.41 Å². The summed E-state index contributed by atoms with van der Waals surface area (Å²) in [4.78, 5) is 34.1. The van der Waals surface area contributed by atoms with Gasteiger partial charge in [0, 0.05) is 11.8 Å². The van der Waals surface area contributed by atoms with Crippen LogP contribution in [-0.4, -0.2) is 28.4 Å². The number of benzene rings is 1. The van der Waals surface area contributed by atoms with Gasteiger partial charge in [-0.2, -0.15) is 0 Å². The molecule has 7 nitrogen and oxygen atoms in total. The van der Waals surface area contributed by atoms with Crippen LogP contribution in [0.2, 0.25) is 0 Å². The molecule has 146 valence electrons. The van der Waals surface area contributed by atoms with Gasteiger partial charge in [-0.25, -0.2) is 14.9 Å². The van der Waals surface area contributed by atoms with Crippen LogP contribution in [0.3, 0.4) is 0 Å². The number of nitrogens with zero attached hydrogens (tertiary/aromatic N) is 3. The molecule has 0 aliphatic carbocycles. The number of anilines is 1. The average molecular weight is 381 g/mol. The number of ether oxygens (including phenoxy) is 2. The summed E-state index contributed by atoms with van der Waals surface area (Å²) in [6, 6.07) is 6.00. The Bertz CT molecular complexity index is 951. The molecule has 1 fully saturated rings. The zero-order chi connectivity index (χ0) is 20.1. The summed E-state index contributed by atoms with van der Waals surface area (Å²) in [5.41, 5.74) is 1.89. The van der Waals surface area contributed by atoms with Crippen LogP contribution in [-0.2, 0) is 26.3 Å². The largest absolute Gasteiger partial charge is 0.424 e. The van der Waals surface area contributed by atoms with E-state index in [0.717, 1.165) is 10.5 Å². The molecule has 2 aliphatic rings. The molecule has 2 aromatic rings. The number of amides is 2. The molecule has 28 heavy (non-hydrogen) atoms. The highest BCUT2D eigenvalue weighted by atomic mass is 16.5. The first kappa shape index (κ1) is 18.6. The maximum Gasteiger partial charge on any atom is 0.322 e. The minimum atomic E-state index is -0.702. The van der Waals surface area contributed by atoms with Gasteiger partial charge in [-0.1, -0.05) is 33.8 Å². The highest BCUT2D eigenvalue weighted by molar-refractivity contribution is 6.22. The van der Waals surface area contributed by atoms with E-state index < -0.39 is 5.41 Å². The van der Waals surface area contributed by atoms with Crippen LogP contribution in [0.15, 0.2) is 30.6 Å². The second-order valence-electron chi connectivity index (χ2n) is 8.62. The molecule has 4 rings (SSSR count). The van der Waals surface area contributed by atoms with E-state index in [2.05, 4.69) is 23.8 Å². The van der Waals surface area contributed by atoms with E-state index in [1.165, 1.54) is 18.0 Å². The van der Waals surface area contributed by atoms with Crippen molar-refractivity contribution in [3.05, 3.63) is 41.7 Å². The predicted molar refractivity (Wildman–Crippen MR) is 102 cm³/mol. The lowest BCUT2D eigenvalue weighted by atomic mass is 9.81. The fourth-order valence-corrected chi connectivity index (χ4v) is 3.66. The maximum atomic E-state index is 12.4. The highest BCUT2D eigenvalue weighted by Gasteiger charge is 2.45. The Hall–Kier alpha value is -2.80. The van der Waals surface area contributed by atoms with E-state index >= 15 is 0 Å². The Morgan fingerprint density at radius 1 is 1.07 bits per heavy atom. The molecule has 2 aliphatic heterocycles. The molecule has 0 unspecified atom stereocenters. The fraction of sp³-hybridized carbons (Fsp3) is 0.429. The van der Waals surface area contributed by atoms with Crippen molar-refractivity contribution in [1.29, 1.82) is 0 Å². The van der Waals surface area contributed by atoms with Crippen molar-refractivity contribution in [2.24, 2.45) is 5.41 Å². The topological polar surface area (TPSA) is 81.6 Å². The summed E-state index contributed by atoms with van der Waals surface area (Å²) in [5, 5.41) is 0. The quantitative estimate of drug-likeness (QED) is 0.758. The highest BCUT2D eigenvalue weighted by Crippen LogP contribution is 2.36. The van der Waals surface area contributed by atoms with Gasteiger partial charge in [0.25, 0.3) is 0 Å². The van der Waals surface area contributed by atoms with Crippen LogP contribution in [0.4, 0.5) is 5.69 Å². The van der Waals surface area contributed by atoms with Gasteiger partial charge in [0.1, 0.15) is 5.75 Å². The number of aromatic nitrogens is 2. The molecule has 1 aromatic carbocycles. The SMILES string of the molecule is CC1(C)CC(=O)N(c2cnc(Oc3ccc4c(c3)C(C)(C)COC4)nc2)C1=O. The van der Waals surface area contributed by atoms with Crippen LogP contribution >= 0.6 is 0 Å². The van der Waals surface area contributed by atoms with Gasteiger partial charge in [-0.3, -0.25) is 9.59 Å². The first-order valence-electron chi connectivity index (χ1n) is 9.26. The number of fused-ring (bicyclic) bond motifs is 1. The van der Waals surface area contributed by atoms with Gasteiger partial charge >= 0.3 is 6.01 Å². The average Bonchev–Trinajstić information content (AvgIpc) is 2.83. The number of carbonyl (C=O) groups excluding carboxylic acids is 2. The van der Waals surface area contributed by atoms with E-state index in [-0.39, 0.29) is 29.7 Å². The summed E-state index contributed by atoms with van der Waals surface area (Å²) in [5.74, 6) is 0.149. The standard InChI is InChI=1S/C21H23N3O4/c1-20(2)8-17(25)24(18(20)26)14-9-22-19(23-10-14)28-15-6-5-13-11-27-12-21(3,4)16(13)7-15/h5-7,9-10H,8,11-12H2,1-4H3. The van der Waals surface area contributed by atoms with Gasteiger partial charge in [0.05, 0.1) is 36.7 Å². The van der Waals surface area contributed by atoms with Crippen LogP contribution < -0.4 is 9.64 Å². The van der Waals surface area contributed by atoms with Gasteiger partial charge in [0.15, 0.2) is 0 Å². The van der Waals surface area contributed by atoms with Crippen LogP contribution in [0.5, 0.6) is 11.8 Å². The minimum absolute atomic E-state index is 0.0963. The van der Waals surface area contributed by atoms with E-state index in [0.29, 0.717) is 24.7 Å². The smallest absolute Gasteiger partial charge is 0.322 e. The third kappa shape index (κ3) is 3.16. The lowest BCUT2D eigenvalue weighted by molar-refractivity contribution is -0.124. The first-order chi connectivity index (χ1) is 13.2. The van der Waals surface area contributed by atoms with Crippen molar-refractivity contribution in [3.63, 3.8) is 0 Å². The third-order valence-corrected chi connectivity index (χ3v) is 5.24. The van der Waals surface area contributed by atoms with E-state index in [9.17, 15) is 9.59 Å². The van der Waals surface area contributed by atoms with E-state index in [1.807, 2.05) is 18.2 Å². The molecule has 0 N–H and O–H groups in total. The molecule has 7 heteroatoms. The number of imide groups is 1. The number of hydrogen-bond donors (Lipinski definition) is 0. The summed E-state index contributed by atoms with van der Waals surface area (Å²) in [7, 11) is 0. The molecule has 0 spiro atoms. The van der Waals surface area contributed by atoms with Crippen molar-refractivity contribution in [2.75, 3.05) is 11.5 Å². The van der Waals surface area contributed by atoms with Crippen molar-refractivity contribution in [1.82, 2.24) is 9.97 Å². The normalized spacial score (nSPS) is 20.2. The summed E-state index contributed by atoms with van der Waals surface area (Å²) in [6.07, 6.45) is 3.06. The van der Waals surface area contributed by atoms with Gasteiger partial charge in [-0.15, -0.1) is 0 Å². The van der Waals surface area contributed by atoms with Gasteiger partial charge < -0.3 is 9.47 Å². The van der Waals surface area contributed by atoms with Gasteiger partial charge in [-0.05, 0) is 23.3 Å². The number of carbonyl (C=O) groups is 2. The summed E-state index contributed by atoms with van der Waals surface area (Å²) >= 11 is 0. The van der Waals surface area contributed by atoms with Crippen molar-refractivity contribution < 1.29 is 19.1 Å². The zero-order valence-electron chi connectivity index (χ0n) is 16.5. The Morgan fingerprint density at radius 3 is 2.43 bits per heavy atom. The molecule has 0 saturated carbocycles. The second kappa shape index (κ2) is 6.38. The second-order valence-corrected chi connectivity index (χ2v) is 8.62. The Kier molecular flexibility index (Phi) is 4.23. The Balaban J connectivity index is 1.55. The fourth-order valence-electron chi connectivity index (χ4n) is 3.66.